The first-order valence-corrected chi connectivity index (χ1v) is 13.3. The van der Waals surface area contributed by atoms with Crippen LogP contribution in [0.1, 0.15) is 61.9 Å². The molecule has 3 saturated carbocycles. The summed E-state index contributed by atoms with van der Waals surface area (Å²) in [6, 6.07) is 6.01. The lowest BCUT2D eigenvalue weighted by Crippen LogP contribution is -2.61. The number of ether oxygens (including phenoxy) is 1. The number of aliphatic hydroxyl groups is 2. The van der Waals surface area contributed by atoms with E-state index in [-0.39, 0.29) is 48.5 Å². The molecular formula is C29H35NO9. The molecule has 7 atom stereocenters. The molecule has 0 saturated heterocycles. The first-order chi connectivity index (χ1) is 18.4. The number of benzene rings is 1. The highest BCUT2D eigenvalue weighted by Gasteiger charge is 2.68. The number of hydrogen-bond acceptors (Lipinski definition) is 10. The normalized spacial score (nSPS) is 37.1. The number of nitrogens with zero attached hydrogens (tertiary/aromatic N) is 1. The Labute approximate surface area is 226 Å². The largest absolute Gasteiger partial charge is 0.454 e. The number of fused-ring (bicyclic) bond motifs is 5. The first kappa shape index (κ1) is 27.8. The van der Waals surface area contributed by atoms with Crippen LogP contribution >= 0.6 is 0 Å². The van der Waals surface area contributed by atoms with E-state index in [0.29, 0.717) is 12.0 Å². The number of esters is 1. The zero-order chi connectivity index (χ0) is 28.2. The van der Waals surface area contributed by atoms with E-state index in [4.69, 9.17) is 15.2 Å². The zero-order valence-corrected chi connectivity index (χ0v) is 22.1. The summed E-state index contributed by atoms with van der Waals surface area (Å²) >= 11 is 0. The summed E-state index contributed by atoms with van der Waals surface area (Å²) in [5.41, 5.74) is -1.25. The highest BCUT2D eigenvalue weighted by Crippen LogP contribution is 2.67. The van der Waals surface area contributed by atoms with Crippen LogP contribution in [0.2, 0.25) is 0 Å². The average Bonchev–Trinajstić information content (AvgIpc) is 3.17. The number of Topliss-reactive ketones (excluding diaryl/α,β-unsaturated/α-hetero) is 1. The van der Waals surface area contributed by atoms with E-state index < -0.39 is 46.3 Å². The third kappa shape index (κ3) is 4.59. The van der Waals surface area contributed by atoms with Gasteiger partial charge in [-0.3, -0.25) is 20.0 Å². The van der Waals surface area contributed by atoms with Crippen molar-refractivity contribution in [2.75, 3.05) is 6.61 Å². The molecule has 0 radical (unpaired) electrons. The second-order valence-electron chi connectivity index (χ2n) is 11.8. The molecule has 1 aromatic rings. The van der Waals surface area contributed by atoms with Crippen LogP contribution in [0.4, 0.5) is 0 Å². The molecule has 3 unspecified atom stereocenters. The van der Waals surface area contributed by atoms with E-state index >= 15 is 0 Å². The number of carbonyl (C=O) groups excluding carboxylic acids is 3. The predicted molar refractivity (Wildman–Crippen MR) is 135 cm³/mol. The van der Waals surface area contributed by atoms with Gasteiger partial charge in [-0.15, -0.1) is 0 Å². The minimum absolute atomic E-state index is 0.00323. The van der Waals surface area contributed by atoms with Crippen molar-refractivity contribution in [2.24, 2.45) is 28.6 Å². The fourth-order valence-electron chi connectivity index (χ4n) is 7.99. The van der Waals surface area contributed by atoms with Crippen molar-refractivity contribution in [3.63, 3.8) is 0 Å². The van der Waals surface area contributed by atoms with Crippen molar-refractivity contribution in [1.82, 2.24) is 5.39 Å². The molecule has 0 amide bonds. The van der Waals surface area contributed by atoms with E-state index in [9.17, 15) is 24.6 Å². The van der Waals surface area contributed by atoms with Crippen LogP contribution in [0.15, 0.2) is 48.1 Å². The topological polar surface area (TPSA) is 154 Å². The molecule has 3 fully saturated rings. The molecule has 5 rings (SSSR count). The van der Waals surface area contributed by atoms with Gasteiger partial charge in [-0.25, -0.2) is 9.63 Å². The number of carbonyl (C=O) groups is 3. The minimum Gasteiger partial charge on any atom is -0.454 e. The third-order valence-electron chi connectivity index (χ3n) is 9.98. The second-order valence-corrected chi connectivity index (χ2v) is 11.8. The van der Waals surface area contributed by atoms with E-state index in [1.54, 1.807) is 24.3 Å². The summed E-state index contributed by atoms with van der Waals surface area (Å²) in [5.74, 6) is -1.37. The van der Waals surface area contributed by atoms with Gasteiger partial charge in [0.05, 0.1) is 23.7 Å². The van der Waals surface area contributed by atoms with Crippen LogP contribution in [-0.4, -0.2) is 61.9 Å². The van der Waals surface area contributed by atoms with Crippen LogP contribution in [0, 0.1) is 28.6 Å². The number of aliphatic hydroxyl groups excluding tert-OH is 1. The SMILES string of the molecule is C[C@]12C=CC(=O)C=C1CCC1C2[C@@H](O)C[C@@]2(C)C1CC[C@]2(O)C(=O)COC(=O)c1ccc(CON(O)O)cc1. The maximum atomic E-state index is 13.4. The predicted octanol–water partition coefficient (Wildman–Crippen LogP) is 2.93. The standard InChI is InChI=1S/C29H35NO9/c1-27-11-9-20(31)13-19(27)7-8-21-22-10-12-29(35,28(22,2)14-23(32)25(21)27)24(33)16-38-26(34)18-5-3-17(4-6-18)15-39-30(36)37/h3-6,9,11,13,21-23,25,32,35-37H,7-8,10,12,14-16H2,1-2H3/t21?,22?,23-,25?,27-,28-,29-/m0/s1. The van der Waals surface area contributed by atoms with Gasteiger partial charge < -0.3 is 14.9 Å². The minimum atomic E-state index is -1.74. The molecule has 10 heteroatoms. The van der Waals surface area contributed by atoms with Crippen molar-refractivity contribution in [1.29, 1.82) is 0 Å². The fourth-order valence-corrected chi connectivity index (χ4v) is 7.99. The monoisotopic (exact) mass is 541 g/mol. The molecule has 0 bridgehead atoms. The van der Waals surface area contributed by atoms with Crippen LogP contribution in [0.3, 0.4) is 0 Å². The quantitative estimate of drug-likeness (QED) is 0.299. The van der Waals surface area contributed by atoms with Gasteiger partial charge in [0.25, 0.3) is 0 Å². The van der Waals surface area contributed by atoms with E-state index in [0.717, 1.165) is 18.4 Å². The number of rotatable bonds is 7. The molecule has 210 valence electrons. The average molecular weight is 542 g/mol. The molecule has 0 heterocycles. The van der Waals surface area contributed by atoms with Crippen LogP contribution < -0.4 is 0 Å². The molecule has 1 aromatic carbocycles. The van der Waals surface area contributed by atoms with E-state index in [1.165, 1.54) is 12.1 Å². The Morgan fingerprint density at radius 1 is 1.13 bits per heavy atom. The highest BCUT2D eigenvalue weighted by atomic mass is 17.1. The van der Waals surface area contributed by atoms with Crippen LogP contribution in [-0.2, 0) is 25.8 Å². The van der Waals surface area contributed by atoms with Gasteiger partial charge in [0.2, 0.25) is 5.78 Å². The van der Waals surface area contributed by atoms with Gasteiger partial charge in [0.1, 0.15) is 5.60 Å². The number of allylic oxidation sites excluding steroid dienone is 4. The summed E-state index contributed by atoms with van der Waals surface area (Å²) < 4.78 is 5.28. The Morgan fingerprint density at radius 2 is 1.85 bits per heavy atom. The van der Waals surface area contributed by atoms with Crippen molar-refractivity contribution in [3.05, 3.63) is 59.2 Å². The highest BCUT2D eigenvalue weighted by molar-refractivity contribution is 6.01. The Hall–Kier alpha value is -2.73. The van der Waals surface area contributed by atoms with Crippen molar-refractivity contribution >= 4 is 17.5 Å². The third-order valence-corrected chi connectivity index (χ3v) is 9.98. The van der Waals surface area contributed by atoms with E-state index in [2.05, 4.69) is 11.8 Å². The maximum absolute atomic E-state index is 13.4. The molecule has 0 aromatic heterocycles. The summed E-state index contributed by atoms with van der Waals surface area (Å²) in [6.45, 7) is 3.22. The van der Waals surface area contributed by atoms with Gasteiger partial charge in [0.15, 0.2) is 12.4 Å². The molecule has 10 nitrogen and oxygen atoms in total. The van der Waals surface area contributed by atoms with Gasteiger partial charge in [0, 0.05) is 16.7 Å². The Balaban J connectivity index is 1.28. The number of ketones is 2. The zero-order valence-electron chi connectivity index (χ0n) is 22.1. The second kappa shape index (κ2) is 10.0. The number of hydrogen-bond donors (Lipinski definition) is 4. The summed E-state index contributed by atoms with van der Waals surface area (Å²) in [5, 5.41) is 40.1. The fraction of sp³-hybridized carbons (Fsp3) is 0.552. The molecule has 4 aliphatic carbocycles. The van der Waals surface area contributed by atoms with Crippen molar-refractivity contribution in [3.8, 4) is 0 Å². The smallest absolute Gasteiger partial charge is 0.338 e. The van der Waals surface area contributed by atoms with Crippen molar-refractivity contribution < 1.29 is 44.6 Å². The Kier molecular flexibility index (Phi) is 7.15. The van der Waals surface area contributed by atoms with Gasteiger partial charge in [-0.1, -0.05) is 37.6 Å². The molecule has 0 spiro atoms. The van der Waals surface area contributed by atoms with Gasteiger partial charge >= 0.3 is 5.97 Å². The maximum Gasteiger partial charge on any atom is 0.338 e. The van der Waals surface area contributed by atoms with Crippen LogP contribution in [0.5, 0.6) is 0 Å². The summed E-state index contributed by atoms with van der Waals surface area (Å²) in [7, 11) is 0. The lowest BCUT2D eigenvalue weighted by molar-refractivity contribution is -0.497. The molecule has 4 N–H and O–H groups in total. The first-order valence-electron chi connectivity index (χ1n) is 13.3. The molecular weight excluding hydrogens is 506 g/mol. The van der Waals surface area contributed by atoms with Crippen LogP contribution in [0.25, 0.3) is 0 Å². The lowest BCUT2D eigenvalue weighted by Gasteiger charge is -2.59. The Bertz CT molecular complexity index is 1220. The van der Waals surface area contributed by atoms with Gasteiger partial charge in [-0.2, -0.15) is 0 Å². The molecule has 39 heavy (non-hydrogen) atoms. The lowest BCUT2D eigenvalue weighted by atomic mass is 9.46. The van der Waals surface area contributed by atoms with Crippen molar-refractivity contribution in [2.45, 2.75) is 64.3 Å². The molecule has 0 aliphatic heterocycles. The van der Waals surface area contributed by atoms with E-state index in [1.807, 2.05) is 13.0 Å². The summed E-state index contributed by atoms with van der Waals surface area (Å²) in [4.78, 5) is 42.5. The van der Waals surface area contributed by atoms with Gasteiger partial charge in [-0.05, 0) is 73.8 Å². The Morgan fingerprint density at radius 3 is 2.54 bits per heavy atom. The molecule has 4 aliphatic rings. The summed E-state index contributed by atoms with van der Waals surface area (Å²) in [6.07, 6.45) is 7.03.